The molecule has 1 saturated carbocycles. The SMILES string of the molecule is NC1(C(=O)N2CCN(c3cnccn3)CC2)CCC1. The largest absolute Gasteiger partial charge is 0.352 e. The van der Waals surface area contributed by atoms with Gasteiger partial charge in [-0.25, -0.2) is 4.98 Å². The van der Waals surface area contributed by atoms with Crippen molar-refractivity contribution in [1.82, 2.24) is 14.9 Å². The maximum Gasteiger partial charge on any atom is 0.242 e. The molecular weight excluding hydrogens is 242 g/mol. The fraction of sp³-hybridized carbons (Fsp3) is 0.615. The molecular formula is C13H19N5O. The van der Waals surface area contributed by atoms with Gasteiger partial charge in [-0.2, -0.15) is 0 Å². The fourth-order valence-electron chi connectivity index (χ4n) is 2.68. The van der Waals surface area contributed by atoms with Crippen LogP contribution in [0.1, 0.15) is 19.3 Å². The second kappa shape index (κ2) is 4.77. The summed E-state index contributed by atoms with van der Waals surface area (Å²) >= 11 is 0. The molecule has 0 bridgehead atoms. The number of hydrogen-bond donors (Lipinski definition) is 1. The van der Waals surface area contributed by atoms with Gasteiger partial charge in [0.05, 0.1) is 11.7 Å². The zero-order chi connectivity index (χ0) is 13.3. The summed E-state index contributed by atoms with van der Waals surface area (Å²) in [6.07, 6.45) is 7.84. The second-order valence-corrected chi connectivity index (χ2v) is 5.35. The van der Waals surface area contributed by atoms with Crippen LogP contribution in [0.2, 0.25) is 0 Å². The third-order valence-electron chi connectivity index (χ3n) is 4.11. The average Bonchev–Trinajstić information content (AvgIpc) is 2.45. The first kappa shape index (κ1) is 12.3. The lowest BCUT2D eigenvalue weighted by Crippen LogP contribution is -2.62. The van der Waals surface area contributed by atoms with Crippen molar-refractivity contribution in [3.63, 3.8) is 0 Å². The molecule has 1 aliphatic heterocycles. The van der Waals surface area contributed by atoms with Crippen molar-refractivity contribution in [2.24, 2.45) is 5.73 Å². The number of nitrogens with two attached hydrogens (primary N) is 1. The Kier molecular flexibility index (Phi) is 3.10. The highest BCUT2D eigenvalue weighted by Gasteiger charge is 2.43. The third-order valence-corrected chi connectivity index (χ3v) is 4.11. The molecule has 0 atom stereocenters. The molecule has 1 aromatic heterocycles. The molecule has 1 aliphatic carbocycles. The van der Waals surface area contributed by atoms with Gasteiger partial charge in [-0.15, -0.1) is 0 Å². The number of rotatable bonds is 2. The third kappa shape index (κ3) is 2.28. The van der Waals surface area contributed by atoms with Crippen molar-refractivity contribution in [2.75, 3.05) is 31.1 Å². The van der Waals surface area contributed by atoms with E-state index in [9.17, 15) is 4.79 Å². The highest BCUT2D eigenvalue weighted by atomic mass is 16.2. The van der Waals surface area contributed by atoms with Crippen LogP contribution in [0.25, 0.3) is 0 Å². The summed E-state index contributed by atoms with van der Waals surface area (Å²) in [7, 11) is 0. The van der Waals surface area contributed by atoms with E-state index in [1.165, 1.54) is 0 Å². The average molecular weight is 261 g/mol. The van der Waals surface area contributed by atoms with E-state index in [2.05, 4.69) is 14.9 Å². The van der Waals surface area contributed by atoms with Gasteiger partial charge in [0, 0.05) is 38.6 Å². The lowest BCUT2D eigenvalue weighted by molar-refractivity contribution is -0.140. The van der Waals surface area contributed by atoms with E-state index in [-0.39, 0.29) is 5.91 Å². The van der Waals surface area contributed by atoms with Crippen LogP contribution in [0.4, 0.5) is 5.82 Å². The summed E-state index contributed by atoms with van der Waals surface area (Å²) in [6.45, 7) is 3.02. The van der Waals surface area contributed by atoms with E-state index in [1.54, 1.807) is 18.6 Å². The minimum Gasteiger partial charge on any atom is -0.352 e. The Morgan fingerprint density at radius 1 is 1.21 bits per heavy atom. The molecule has 2 aliphatic rings. The summed E-state index contributed by atoms with van der Waals surface area (Å²) in [6, 6.07) is 0. The van der Waals surface area contributed by atoms with Gasteiger partial charge in [0.25, 0.3) is 0 Å². The Bertz CT molecular complexity index is 451. The van der Waals surface area contributed by atoms with E-state index in [0.717, 1.165) is 38.2 Å². The van der Waals surface area contributed by atoms with Crippen LogP contribution in [0.5, 0.6) is 0 Å². The van der Waals surface area contributed by atoms with Gasteiger partial charge >= 0.3 is 0 Å². The molecule has 2 heterocycles. The van der Waals surface area contributed by atoms with Gasteiger partial charge in [-0.1, -0.05) is 0 Å². The first-order valence-electron chi connectivity index (χ1n) is 6.78. The number of nitrogens with zero attached hydrogens (tertiary/aromatic N) is 4. The molecule has 0 spiro atoms. The molecule has 3 rings (SSSR count). The van der Waals surface area contributed by atoms with E-state index >= 15 is 0 Å². The molecule has 6 nitrogen and oxygen atoms in total. The zero-order valence-corrected chi connectivity index (χ0v) is 11.0. The topological polar surface area (TPSA) is 75.4 Å². The maximum absolute atomic E-state index is 12.3. The van der Waals surface area contributed by atoms with Crippen molar-refractivity contribution >= 4 is 11.7 Å². The van der Waals surface area contributed by atoms with Crippen molar-refractivity contribution in [1.29, 1.82) is 0 Å². The molecule has 2 fully saturated rings. The van der Waals surface area contributed by atoms with Crippen molar-refractivity contribution < 1.29 is 4.79 Å². The fourth-order valence-corrected chi connectivity index (χ4v) is 2.68. The number of hydrogen-bond acceptors (Lipinski definition) is 5. The van der Waals surface area contributed by atoms with Gasteiger partial charge in [-0.05, 0) is 19.3 Å². The summed E-state index contributed by atoms with van der Waals surface area (Å²) in [5.74, 6) is 0.998. The van der Waals surface area contributed by atoms with Crippen molar-refractivity contribution in [3.8, 4) is 0 Å². The Morgan fingerprint density at radius 2 is 1.95 bits per heavy atom. The zero-order valence-electron chi connectivity index (χ0n) is 11.0. The first-order valence-corrected chi connectivity index (χ1v) is 6.78. The summed E-state index contributed by atoms with van der Waals surface area (Å²) in [5, 5.41) is 0. The Labute approximate surface area is 112 Å². The molecule has 1 saturated heterocycles. The predicted molar refractivity (Wildman–Crippen MR) is 71.6 cm³/mol. The van der Waals surface area contributed by atoms with Crippen LogP contribution in [-0.2, 0) is 4.79 Å². The molecule has 1 aromatic rings. The van der Waals surface area contributed by atoms with Crippen molar-refractivity contribution in [2.45, 2.75) is 24.8 Å². The smallest absolute Gasteiger partial charge is 0.242 e. The van der Waals surface area contributed by atoms with Crippen LogP contribution >= 0.6 is 0 Å². The highest BCUT2D eigenvalue weighted by molar-refractivity contribution is 5.87. The van der Waals surface area contributed by atoms with Gasteiger partial charge < -0.3 is 15.5 Å². The molecule has 102 valence electrons. The van der Waals surface area contributed by atoms with Gasteiger partial charge in [0.2, 0.25) is 5.91 Å². The molecule has 2 N–H and O–H groups in total. The molecule has 1 amide bonds. The summed E-state index contributed by atoms with van der Waals surface area (Å²) in [4.78, 5) is 24.7. The number of aromatic nitrogens is 2. The lowest BCUT2D eigenvalue weighted by atomic mass is 9.76. The summed E-state index contributed by atoms with van der Waals surface area (Å²) < 4.78 is 0. The summed E-state index contributed by atoms with van der Waals surface area (Å²) in [5.41, 5.74) is 5.52. The molecule has 0 radical (unpaired) electrons. The monoisotopic (exact) mass is 261 g/mol. The minimum atomic E-state index is -0.575. The van der Waals surface area contributed by atoms with Gasteiger partial charge in [0.1, 0.15) is 5.82 Å². The Hall–Kier alpha value is -1.69. The minimum absolute atomic E-state index is 0.123. The maximum atomic E-state index is 12.3. The molecule has 0 unspecified atom stereocenters. The highest BCUT2D eigenvalue weighted by Crippen LogP contribution is 2.31. The number of piperazine rings is 1. The van der Waals surface area contributed by atoms with E-state index < -0.39 is 5.54 Å². The Morgan fingerprint density at radius 3 is 2.47 bits per heavy atom. The van der Waals surface area contributed by atoms with E-state index in [4.69, 9.17) is 5.73 Å². The molecule has 19 heavy (non-hydrogen) atoms. The second-order valence-electron chi connectivity index (χ2n) is 5.35. The van der Waals surface area contributed by atoms with Crippen LogP contribution < -0.4 is 10.6 Å². The predicted octanol–water partition coefficient (Wildman–Crippen LogP) is 0.00660. The molecule has 6 heteroatoms. The number of carbonyl (C=O) groups excluding carboxylic acids is 1. The normalized spacial score (nSPS) is 21.9. The first-order chi connectivity index (χ1) is 9.19. The van der Waals surface area contributed by atoms with Crippen LogP contribution in [-0.4, -0.2) is 52.5 Å². The van der Waals surface area contributed by atoms with Gasteiger partial charge in [0.15, 0.2) is 0 Å². The number of anilines is 1. The van der Waals surface area contributed by atoms with Crippen LogP contribution in [0.3, 0.4) is 0 Å². The van der Waals surface area contributed by atoms with Crippen LogP contribution in [0, 0.1) is 0 Å². The molecule has 0 aromatic carbocycles. The van der Waals surface area contributed by atoms with Gasteiger partial charge in [-0.3, -0.25) is 9.78 Å². The Balaban J connectivity index is 1.59. The standard InChI is InChI=1S/C13H19N5O/c14-13(2-1-3-13)12(19)18-8-6-17(7-9-18)11-10-15-4-5-16-11/h4-5,10H,1-3,6-9,14H2. The van der Waals surface area contributed by atoms with E-state index in [1.807, 2.05) is 4.90 Å². The van der Waals surface area contributed by atoms with Crippen molar-refractivity contribution in [3.05, 3.63) is 18.6 Å². The number of carbonyl (C=O) groups is 1. The lowest BCUT2D eigenvalue weighted by Gasteiger charge is -2.43. The van der Waals surface area contributed by atoms with E-state index in [0.29, 0.717) is 13.1 Å². The van der Waals surface area contributed by atoms with Crippen LogP contribution in [0.15, 0.2) is 18.6 Å². The number of amides is 1. The quantitative estimate of drug-likeness (QED) is 0.811.